The number of aliphatic hydroxyl groups is 3. The minimum atomic E-state index is -2.35. The number of rotatable bonds is 11. The maximum atomic E-state index is 14.0. The second kappa shape index (κ2) is 15.9. The van der Waals surface area contributed by atoms with Crippen LogP contribution in [0.3, 0.4) is 0 Å². The fourth-order valence-corrected chi connectivity index (χ4v) is 9.28. The van der Waals surface area contributed by atoms with E-state index >= 15 is 0 Å². The molecule has 304 valence electrons. The summed E-state index contributed by atoms with van der Waals surface area (Å²) >= 11 is 1.59. The van der Waals surface area contributed by atoms with Crippen molar-refractivity contribution in [3.05, 3.63) is 81.4 Å². The minimum absolute atomic E-state index is 0.0271. The Morgan fingerprint density at radius 1 is 1.00 bits per heavy atom. The maximum Gasteiger partial charge on any atom is 0.407 e. The van der Waals surface area contributed by atoms with Crippen molar-refractivity contribution in [2.45, 2.75) is 73.8 Å². The molecule has 7 atom stereocenters. The number of benzene rings is 3. The standard InChI is InChI=1S/C40H43NO15S/c1-19-33(44)24(41-38(49)53-12-11-40(54-13-14-57-40)20-7-9-21(51-2)10-8-20)15-28(55-19)56-26-17-39(50,27(43)18-42)16-23-30(26)37(48)32-31(35(23)46)34(45)22-5-4-6-25(52-3)29(22)36(32)47/h4-10,19,24,26,28,33,42,44,46,48,50H,11-18H2,1-3H3,(H,41,49)/t19-,24-,26-,28-,33+,39-,40?/m0/s1. The number of methoxy groups -OCH3 is 2. The van der Waals surface area contributed by atoms with Gasteiger partial charge in [0, 0.05) is 48.1 Å². The second-order valence-corrected chi connectivity index (χ2v) is 15.7. The molecule has 2 heterocycles. The minimum Gasteiger partial charge on any atom is -0.507 e. The monoisotopic (exact) mass is 809 g/mol. The highest BCUT2D eigenvalue weighted by Crippen LogP contribution is 2.53. The largest absolute Gasteiger partial charge is 0.507 e. The van der Waals surface area contributed by atoms with Gasteiger partial charge in [0.25, 0.3) is 0 Å². The van der Waals surface area contributed by atoms with E-state index in [0.29, 0.717) is 18.8 Å². The number of aliphatic hydroxyl groups excluding tert-OH is 2. The van der Waals surface area contributed by atoms with E-state index in [1.807, 2.05) is 24.3 Å². The summed E-state index contributed by atoms with van der Waals surface area (Å²) < 4.78 is 34.4. The number of aromatic hydroxyl groups is 2. The fourth-order valence-electron chi connectivity index (χ4n) is 8.08. The van der Waals surface area contributed by atoms with Crippen LogP contribution in [0.4, 0.5) is 4.79 Å². The Morgan fingerprint density at radius 3 is 2.40 bits per heavy atom. The van der Waals surface area contributed by atoms with Gasteiger partial charge < -0.3 is 59.3 Å². The van der Waals surface area contributed by atoms with Crippen LogP contribution in [0, 0.1) is 0 Å². The number of phenolic OH excluding ortho intramolecular Hbond substituents is 2. The number of hydrogen-bond donors (Lipinski definition) is 6. The number of carbonyl (C=O) groups excluding carboxylic acids is 4. The van der Waals surface area contributed by atoms with Crippen LogP contribution in [0.5, 0.6) is 23.0 Å². The van der Waals surface area contributed by atoms with Crippen molar-refractivity contribution in [1.82, 2.24) is 5.32 Å². The third kappa shape index (κ3) is 7.22. The molecule has 57 heavy (non-hydrogen) atoms. The lowest BCUT2D eigenvalue weighted by atomic mass is 9.72. The number of carbonyl (C=O) groups is 4. The quantitative estimate of drug-likeness (QED) is 0.120. The zero-order chi connectivity index (χ0) is 40.8. The fraction of sp³-hybridized carbons (Fsp3) is 0.450. The highest BCUT2D eigenvalue weighted by molar-refractivity contribution is 8.00. The molecule has 17 heteroatoms. The summed E-state index contributed by atoms with van der Waals surface area (Å²) in [7, 11) is 2.88. The number of fused-ring (bicyclic) bond motifs is 3. The molecule has 0 spiro atoms. The van der Waals surface area contributed by atoms with Crippen molar-refractivity contribution < 1.29 is 73.1 Å². The molecule has 2 saturated heterocycles. The average molecular weight is 810 g/mol. The number of ether oxygens (including phenoxy) is 6. The van der Waals surface area contributed by atoms with Crippen molar-refractivity contribution in [3.63, 3.8) is 0 Å². The Morgan fingerprint density at radius 2 is 1.74 bits per heavy atom. The number of amides is 1. The van der Waals surface area contributed by atoms with Crippen LogP contribution >= 0.6 is 11.8 Å². The van der Waals surface area contributed by atoms with E-state index in [1.54, 1.807) is 18.9 Å². The van der Waals surface area contributed by atoms with Crippen molar-refractivity contribution >= 4 is 35.2 Å². The SMILES string of the molecule is COc1ccc(C2(CCOC(=O)N[C@H]3C[C@H](O[C@H]4C[C@](O)(C(=O)CO)Cc5c(O)c6c(c(O)c54)C(=O)c4c(OC)cccc4C6=O)O[C@@H](C)[C@H]3O)OCCS2)cc1. The van der Waals surface area contributed by atoms with Gasteiger partial charge in [-0.05, 0) is 30.7 Å². The lowest BCUT2D eigenvalue weighted by molar-refractivity contribution is -0.249. The number of ketones is 3. The third-order valence-electron chi connectivity index (χ3n) is 11.0. The molecule has 16 nitrogen and oxygen atoms in total. The van der Waals surface area contributed by atoms with Gasteiger partial charge in [0.2, 0.25) is 5.78 Å². The lowest BCUT2D eigenvalue weighted by Crippen LogP contribution is -2.56. The molecule has 6 N–H and O–H groups in total. The normalized spacial score (nSPS) is 27.9. The number of hydrogen-bond acceptors (Lipinski definition) is 16. The van der Waals surface area contributed by atoms with Gasteiger partial charge in [0.15, 0.2) is 17.9 Å². The first-order valence-corrected chi connectivity index (χ1v) is 19.3. The molecular formula is C40H43NO15S. The molecule has 3 aromatic rings. The first-order valence-electron chi connectivity index (χ1n) is 18.3. The van der Waals surface area contributed by atoms with E-state index in [9.17, 15) is 44.7 Å². The Kier molecular flexibility index (Phi) is 11.3. The molecule has 0 saturated carbocycles. The van der Waals surface area contributed by atoms with Crippen LogP contribution in [-0.4, -0.2) is 119 Å². The van der Waals surface area contributed by atoms with Crippen molar-refractivity contribution in [1.29, 1.82) is 0 Å². The number of alkyl carbamates (subject to hydrolysis) is 1. The molecular weight excluding hydrogens is 766 g/mol. The molecule has 2 aliphatic carbocycles. The van der Waals surface area contributed by atoms with Gasteiger partial charge in [-0.25, -0.2) is 4.79 Å². The highest BCUT2D eigenvalue weighted by atomic mass is 32.2. The summed E-state index contributed by atoms with van der Waals surface area (Å²) in [5.41, 5.74) is -3.17. The van der Waals surface area contributed by atoms with E-state index in [4.69, 9.17) is 28.4 Å². The van der Waals surface area contributed by atoms with E-state index in [-0.39, 0.29) is 41.0 Å². The molecule has 1 unspecified atom stereocenters. The smallest absolute Gasteiger partial charge is 0.407 e. The Labute approximate surface area is 331 Å². The predicted molar refractivity (Wildman–Crippen MR) is 200 cm³/mol. The van der Waals surface area contributed by atoms with E-state index < -0.39 is 107 Å². The van der Waals surface area contributed by atoms with E-state index in [0.717, 1.165) is 11.3 Å². The van der Waals surface area contributed by atoms with Gasteiger partial charge in [-0.1, -0.05) is 24.3 Å². The van der Waals surface area contributed by atoms with Crippen LogP contribution in [0.25, 0.3) is 0 Å². The summed E-state index contributed by atoms with van der Waals surface area (Å²) in [4.78, 5) is 53.1. The molecule has 0 aromatic heterocycles. The van der Waals surface area contributed by atoms with Crippen LogP contribution in [0.1, 0.15) is 80.8 Å². The van der Waals surface area contributed by atoms with Crippen LogP contribution in [0.15, 0.2) is 42.5 Å². The highest BCUT2D eigenvalue weighted by Gasteiger charge is 2.50. The lowest BCUT2D eigenvalue weighted by Gasteiger charge is -2.42. The van der Waals surface area contributed by atoms with Gasteiger partial charge >= 0.3 is 6.09 Å². The molecule has 0 radical (unpaired) electrons. The first-order chi connectivity index (χ1) is 27.3. The molecule has 0 bridgehead atoms. The van der Waals surface area contributed by atoms with Gasteiger partial charge in [-0.3, -0.25) is 14.4 Å². The molecule has 1 amide bonds. The number of thioether (sulfide) groups is 1. The second-order valence-electron chi connectivity index (χ2n) is 14.3. The Balaban J connectivity index is 1.12. The van der Waals surface area contributed by atoms with Gasteiger partial charge in [-0.2, -0.15) is 0 Å². The summed E-state index contributed by atoms with van der Waals surface area (Å²) in [5.74, 6) is -2.64. The van der Waals surface area contributed by atoms with Gasteiger partial charge in [0.05, 0.1) is 62.4 Å². The average Bonchev–Trinajstić information content (AvgIpc) is 3.69. The zero-order valence-electron chi connectivity index (χ0n) is 31.3. The van der Waals surface area contributed by atoms with Crippen LogP contribution in [-0.2, 0) is 35.1 Å². The van der Waals surface area contributed by atoms with E-state index in [1.165, 1.54) is 32.2 Å². The topological polar surface area (TPSA) is 237 Å². The van der Waals surface area contributed by atoms with Crippen molar-refractivity contribution in [3.8, 4) is 23.0 Å². The summed E-state index contributed by atoms with van der Waals surface area (Å²) in [5, 5.41) is 58.4. The zero-order valence-corrected chi connectivity index (χ0v) is 32.1. The maximum absolute atomic E-state index is 14.0. The number of phenols is 2. The van der Waals surface area contributed by atoms with Gasteiger partial charge in [0.1, 0.15) is 46.2 Å². The predicted octanol–water partition coefficient (Wildman–Crippen LogP) is 2.78. The molecule has 3 aromatic carbocycles. The number of Topliss-reactive ketones (excluding diaryl/α,β-unsaturated/α-hetero) is 1. The van der Waals surface area contributed by atoms with Crippen molar-refractivity contribution in [2.75, 3.05) is 39.8 Å². The van der Waals surface area contributed by atoms with Crippen molar-refractivity contribution in [2.24, 2.45) is 0 Å². The summed E-state index contributed by atoms with van der Waals surface area (Å²) in [6.07, 6.45) is -6.82. The molecule has 2 fully saturated rings. The molecule has 2 aliphatic heterocycles. The van der Waals surface area contributed by atoms with E-state index in [2.05, 4.69) is 5.32 Å². The third-order valence-corrected chi connectivity index (χ3v) is 12.4. The Hall–Kier alpha value is -4.75. The van der Waals surface area contributed by atoms with Crippen LogP contribution in [0.2, 0.25) is 0 Å². The summed E-state index contributed by atoms with van der Waals surface area (Å²) in [6, 6.07) is 10.8. The first kappa shape index (κ1) is 40.4. The summed E-state index contributed by atoms with van der Waals surface area (Å²) in [6.45, 7) is 0.942. The van der Waals surface area contributed by atoms with Gasteiger partial charge in [-0.15, -0.1) is 11.8 Å². The van der Waals surface area contributed by atoms with Crippen LogP contribution < -0.4 is 14.8 Å². The molecule has 4 aliphatic rings. The number of nitrogens with one attached hydrogen (secondary N) is 1. The Bertz CT molecular complexity index is 2080. The molecule has 7 rings (SSSR count).